The predicted molar refractivity (Wildman–Crippen MR) is 64.3 cm³/mol. The van der Waals surface area contributed by atoms with Gasteiger partial charge >= 0.3 is 0 Å². The van der Waals surface area contributed by atoms with E-state index in [9.17, 15) is 8.42 Å². The normalized spacial score (nSPS) is 19.7. The summed E-state index contributed by atoms with van der Waals surface area (Å²) in [6, 6.07) is 1.85. The number of nitrogens with two attached hydrogens (primary N) is 1. The van der Waals surface area contributed by atoms with Crippen LogP contribution < -0.4 is 10.6 Å². The molecule has 88 valence electrons. The van der Waals surface area contributed by atoms with Crippen LogP contribution in [0.1, 0.15) is 5.56 Å². The number of aryl methyl sites for hydroxylation is 1. The van der Waals surface area contributed by atoms with Crippen LogP contribution in [-0.2, 0) is 9.84 Å². The molecule has 1 aliphatic rings. The highest BCUT2D eigenvalue weighted by Gasteiger charge is 2.23. The zero-order valence-corrected chi connectivity index (χ0v) is 10.00. The van der Waals surface area contributed by atoms with Gasteiger partial charge < -0.3 is 10.6 Å². The van der Waals surface area contributed by atoms with E-state index in [4.69, 9.17) is 5.73 Å². The molecule has 1 fully saturated rings. The molecule has 2 N–H and O–H groups in total. The first-order valence-corrected chi connectivity index (χ1v) is 6.97. The average Bonchev–Trinajstić information content (AvgIpc) is 2.19. The molecule has 0 amide bonds. The Balaban J connectivity index is 2.20. The molecule has 16 heavy (non-hydrogen) atoms. The lowest BCUT2D eigenvalue weighted by molar-refractivity contribution is 0.586. The van der Waals surface area contributed by atoms with Crippen molar-refractivity contribution in [2.75, 3.05) is 35.2 Å². The second kappa shape index (κ2) is 3.93. The third-order valence-corrected chi connectivity index (χ3v) is 4.28. The van der Waals surface area contributed by atoms with E-state index in [2.05, 4.69) is 4.98 Å². The Morgan fingerprint density at radius 2 is 2.00 bits per heavy atom. The maximum atomic E-state index is 11.3. The SMILES string of the molecule is Cc1cnc(N2CCS(=O)(=O)CC2)c(N)c1. The smallest absolute Gasteiger partial charge is 0.153 e. The van der Waals surface area contributed by atoms with Gasteiger partial charge in [-0.05, 0) is 18.6 Å². The topological polar surface area (TPSA) is 76.3 Å². The van der Waals surface area contributed by atoms with E-state index in [1.54, 1.807) is 6.20 Å². The third-order valence-electron chi connectivity index (χ3n) is 2.68. The molecule has 0 spiro atoms. The van der Waals surface area contributed by atoms with Crippen molar-refractivity contribution >= 4 is 21.3 Å². The van der Waals surface area contributed by atoms with Gasteiger partial charge in [0.15, 0.2) is 15.7 Å². The van der Waals surface area contributed by atoms with Gasteiger partial charge in [-0.2, -0.15) is 0 Å². The lowest BCUT2D eigenvalue weighted by atomic mass is 10.2. The molecule has 1 saturated heterocycles. The van der Waals surface area contributed by atoms with Crippen LogP contribution in [0.3, 0.4) is 0 Å². The maximum absolute atomic E-state index is 11.3. The molecular weight excluding hydrogens is 226 g/mol. The van der Waals surface area contributed by atoms with Crippen molar-refractivity contribution in [1.82, 2.24) is 4.98 Å². The molecule has 1 aromatic rings. The Morgan fingerprint density at radius 1 is 1.38 bits per heavy atom. The van der Waals surface area contributed by atoms with Gasteiger partial charge in [0.05, 0.1) is 17.2 Å². The van der Waals surface area contributed by atoms with Crippen LogP contribution in [0.15, 0.2) is 12.3 Å². The van der Waals surface area contributed by atoms with Gasteiger partial charge in [0.1, 0.15) is 0 Å². The molecule has 1 aromatic heterocycles. The maximum Gasteiger partial charge on any atom is 0.153 e. The van der Waals surface area contributed by atoms with E-state index < -0.39 is 9.84 Å². The summed E-state index contributed by atoms with van der Waals surface area (Å²) in [5.74, 6) is 1.06. The summed E-state index contributed by atoms with van der Waals surface area (Å²) in [7, 11) is -2.85. The van der Waals surface area contributed by atoms with Gasteiger partial charge in [0.25, 0.3) is 0 Å². The van der Waals surface area contributed by atoms with Gasteiger partial charge in [-0.3, -0.25) is 0 Å². The Kier molecular flexibility index (Phi) is 2.75. The van der Waals surface area contributed by atoms with Crippen molar-refractivity contribution < 1.29 is 8.42 Å². The summed E-state index contributed by atoms with van der Waals surface area (Å²) in [4.78, 5) is 6.18. The summed E-state index contributed by atoms with van der Waals surface area (Å²) in [5, 5.41) is 0. The monoisotopic (exact) mass is 241 g/mol. The van der Waals surface area contributed by atoms with Crippen LogP contribution in [0.4, 0.5) is 11.5 Å². The van der Waals surface area contributed by atoms with E-state index in [1.165, 1.54) is 0 Å². The molecule has 0 bridgehead atoms. The van der Waals surface area contributed by atoms with Gasteiger partial charge in [0, 0.05) is 19.3 Å². The number of rotatable bonds is 1. The molecule has 2 rings (SSSR count). The number of pyridine rings is 1. The van der Waals surface area contributed by atoms with Gasteiger partial charge in [-0.25, -0.2) is 13.4 Å². The van der Waals surface area contributed by atoms with Crippen molar-refractivity contribution in [2.45, 2.75) is 6.92 Å². The van der Waals surface area contributed by atoms with Crippen molar-refractivity contribution in [1.29, 1.82) is 0 Å². The van der Waals surface area contributed by atoms with E-state index in [0.29, 0.717) is 24.6 Å². The van der Waals surface area contributed by atoms with Gasteiger partial charge in [0.2, 0.25) is 0 Å². The summed E-state index contributed by atoms with van der Waals surface area (Å²) >= 11 is 0. The zero-order valence-electron chi connectivity index (χ0n) is 9.18. The van der Waals surface area contributed by atoms with Crippen LogP contribution in [-0.4, -0.2) is 38.0 Å². The fourth-order valence-corrected chi connectivity index (χ4v) is 2.97. The Morgan fingerprint density at radius 3 is 2.56 bits per heavy atom. The number of nitrogen functional groups attached to an aromatic ring is 1. The minimum absolute atomic E-state index is 0.183. The van der Waals surface area contributed by atoms with Crippen molar-refractivity contribution in [3.8, 4) is 0 Å². The van der Waals surface area contributed by atoms with Crippen LogP contribution >= 0.6 is 0 Å². The fraction of sp³-hybridized carbons (Fsp3) is 0.500. The standard InChI is InChI=1S/C10H15N3O2S/c1-8-6-9(11)10(12-7-8)13-2-4-16(14,15)5-3-13/h6-7H,2-5,11H2,1H3. The first kappa shape index (κ1) is 11.2. The van der Waals surface area contributed by atoms with Crippen LogP contribution in [0.5, 0.6) is 0 Å². The quantitative estimate of drug-likeness (QED) is 0.760. The molecule has 0 aromatic carbocycles. The lowest BCUT2D eigenvalue weighted by Crippen LogP contribution is -2.41. The minimum atomic E-state index is -2.85. The fourth-order valence-electron chi connectivity index (χ4n) is 1.77. The highest BCUT2D eigenvalue weighted by atomic mass is 32.2. The zero-order chi connectivity index (χ0) is 11.8. The van der Waals surface area contributed by atoms with Crippen molar-refractivity contribution in [3.05, 3.63) is 17.8 Å². The van der Waals surface area contributed by atoms with Crippen molar-refractivity contribution in [3.63, 3.8) is 0 Å². The van der Waals surface area contributed by atoms with Crippen LogP contribution in [0.2, 0.25) is 0 Å². The molecule has 0 aliphatic carbocycles. The number of aromatic nitrogens is 1. The number of anilines is 2. The molecule has 1 aliphatic heterocycles. The van der Waals surface area contributed by atoms with E-state index >= 15 is 0 Å². The van der Waals surface area contributed by atoms with Crippen LogP contribution in [0.25, 0.3) is 0 Å². The predicted octanol–water partition coefficient (Wildman–Crippen LogP) is 0.207. The molecule has 0 saturated carbocycles. The number of sulfone groups is 1. The average molecular weight is 241 g/mol. The third kappa shape index (κ3) is 2.27. The van der Waals surface area contributed by atoms with Crippen LogP contribution in [0, 0.1) is 6.92 Å². The minimum Gasteiger partial charge on any atom is -0.396 e. The molecule has 0 unspecified atom stereocenters. The molecule has 0 atom stereocenters. The number of hydrogen-bond donors (Lipinski definition) is 1. The van der Waals surface area contributed by atoms with E-state index in [-0.39, 0.29) is 11.5 Å². The Bertz CT molecular complexity index is 485. The lowest BCUT2D eigenvalue weighted by Gasteiger charge is -2.28. The molecule has 6 heteroatoms. The van der Waals surface area contributed by atoms with Gasteiger partial charge in [-0.15, -0.1) is 0 Å². The summed E-state index contributed by atoms with van der Waals surface area (Å²) < 4.78 is 22.6. The first-order chi connectivity index (χ1) is 7.48. The highest BCUT2D eigenvalue weighted by Crippen LogP contribution is 2.22. The molecule has 0 radical (unpaired) electrons. The molecule has 2 heterocycles. The molecular formula is C10H15N3O2S. The highest BCUT2D eigenvalue weighted by molar-refractivity contribution is 7.91. The van der Waals surface area contributed by atoms with E-state index in [0.717, 1.165) is 5.56 Å². The number of hydrogen-bond acceptors (Lipinski definition) is 5. The second-order valence-corrected chi connectivity index (χ2v) is 6.37. The molecule has 5 nitrogen and oxygen atoms in total. The number of nitrogens with zero attached hydrogens (tertiary/aromatic N) is 2. The Hall–Kier alpha value is -1.30. The van der Waals surface area contributed by atoms with E-state index in [1.807, 2.05) is 17.9 Å². The summed E-state index contributed by atoms with van der Waals surface area (Å²) in [5.41, 5.74) is 7.48. The first-order valence-electron chi connectivity index (χ1n) is 5.15. The Labute approximate surface area is 95.2 Å². The van der Waals surface area contributed by atoms with Crippen molar-refractivity contribution in [2.24, 2.45) is 0 Å². The largest absolute Gasteiger partial charge is 0.396 e. The summed E-state index contributed by atoms with van der Waals surface area (Å²) in [6.45, 7) is 2.87. The summed E-state index contributed by atoms with van der Waals surface area (Å²) in [6.07, 6.45) is 1.74. The van der Waals surface area contributed by atoms with Gasteiger partial charge in [-0.1, -0.05) is 0 Å². The second-order valence-electron chi connectivity index (χ2n) is 4.06.